The van der Waals surface area contributed by atoms with Crippen LogP contribution in [-0.4, -0.2) is 31.2 Å². The lowest BCUT2D eigenvalue weighted by Gasteiger charge is -2.13. The van der Waals surface area contributed by atoms with E-state index in [-0.39, 0.29) is 5.91 Å². The summed E-state index contributed by atoms with van der Waals surface area (Å²) in [6, 6.07) is 11.1. The fourth-order valence-corrected chi connectivity index (χ4v) is 3.55. The van der Waals surface area contributed by atoms with E-state index in [4.69, 9.17) is 25.8 Å². The van der Waals surface area contributed by atoms with E-state index in [0.29, 0.717) is 47.5 Å². The fraction of sp³-hybridized carbons (Fsp3) is 0.273. The van der Waals surface area contributed by atoms with Crippen molar-refractivity contribution in [2.24, 2.45) is 0 Å². The Balaban J connectivity index is 1.53. The quantitative estimate of drug-likeness (QED) is 0.692. The number of methoxy groups -OCH3 is 1. The second-order valence-electron chi connectivity index (χ2n) is 6.82. The van der Waals surface area contributed by atoms with Crippen LogP contribution in [0.3, 0.4) is 0 Å². The zero-order valence-electron chi connectivity index (χ0n) is 16.3. The fourth-order valence-electron chi connectivity index (χ4n) is 3.26. The highest BCUT2D eigenvalue weighted by Crippen LogP contribution is 2.38. The number of fused-ring (bicyclic) bond motifs is 2. The first-order valence-corrected chi connectivity index (χ1v) is 9.74. The van der Waals surface area contributed by atoms with Gasteiger partial charge in [0.1, 0.15) is 5.75 Å². The molecule has 7 heteroatoms. The number of carbonyl (C=O) groups is 1. The molecule has 2 aromatic carbocycles. The molecule has 29 heavy (non-hydrogen) atoms. The van der Waals surface area contributed by atoms with E-state index in [1.165, 1.54) is 0 Å². The summed E-state index contributed by atoms with van der Waals surface area (Å²) in [5.74, 6) is 1.70. The van der Waals surface area contributed by atoms with Crippen LogP contribution >= 0.6 is 11.6 Å². The first-order valence-electron chi connectivity index (χ1n) is 9.37. The van der Waals surface area contributed by atoms with Crippen molar-refractivity contribution in [1.29, 1.82) is 0 Å². The summed E-state index contributed by atoms with van der Waals surface area (Å²) in [6.07, 6.45) is 0.803. The number of hydrogen-bond donors (Lipinski definition) is 1. The maximum atomic E-state index is 12.8. The Morgan fingerprint density at radius 3 is 2.86 bits per heavy atom. The highest BCUT2D eigenvalue weighted by molar-refractivity contribution is 6.32. The van der Waals surface area contributed by atoms with Crippen molar-refractivity contribution in [3.8, 4) is 17.2 Å². The zero-order chi connectivity index (χ0) is 20.4. The average Bonchev–Trinajstić information content (AvgIpc) is 2.97. The summed E-state index contributed by atoms with van der Waals surface area (Å²) in [5, 5.41) is 4.29. The maximum absolute atomic E-state index is 12.8. The number of halogens is 1. The molecular weight excluding hydrogens is 392 g/mol. The van der Waals surface area contributed by atoms with Crippen molar-refractivity contribution in [1.82, 2.24) is 10.3 Å². The number of carbonyl (C=O) groups excluding carboxylic acids is 1. The molecule has 0 saturated heterocycles. The van der Waals surface area contributed by atoms with Gasteiger partial charge >= 0.3 is 0 Å². The van der Waals surface area contributed by atoms with Crippen molar-refractivity contribution < 1.29 is 19.0 Å². The van der Waals surface area contributed by atoms with Crippen molar-refractivity contribution >= 4 is 28.4 Å². The van der Waals surface area contributed by atoms with Gasteiger partial charge in [0.25, 0.3) is 5.91 Å². The van der Waals surface area contributed by atoms with E-state index >= 15 is 0 Å². The molecule has 0 fully saturated rings. The Kier molecular flexibility index (Phi) is 5.45. The number of benzene rings is 2. The molecule has 4 rings (SSSR count). The maximum Gasteiger partial charge on any atom is 0.253 e. The largest absolute Gasteiger partial charge is 0.497 e. The first-order chi connectivity index (χ1) is 14.0. The molecule has 2 heterocycles. The van der Waals surface area contributed by atoms with Gasteiger partial charge in [-0.25, -0.2) is 0 Å². The summed E-state index contributed by atoms with van der Waals surface area (Å²) in [6.45, 7) is 3.28. The molecule has 1 amide bonds. The number of ether oxygens (including phenoxy) is 3. The molecule has 1 aromatic heterocycles. The predicted octanol–water partition coefficient (Wildman–Crippen LogP) is 4.30. The van der Waals surface area contributed by atoms with E-state index in [1.807, 2.05) is 37.3 Å². The van der Waals surface area contributed by atoms with Crippen molar-refractivity contribution in [3.63, 3.8) is 0 Å². The van der Waals surface area contributed by atoms with Gasteiger partial charge in [0.05, 0.1) is 42.1 Å². The van der Waals surface area contributed by atoms with Gasteiger partial charge in [-0.15, -0.1) is 0 Å². The molecule has 0 bridgehead atoms. The molecule has 0 spiro atoms. The number of nitrogens with one attached hydrogen (secondary N) is 1. The van der Waals surface area contributed by atoms with Crippen LogP contribution < -0.4 is 19.5 Å². The SMILES string of the molecule is COc1ccc2cc(C(=O)NCc3cc(Cl)c4c(c3)OCCCO4)c(C)nc2c1. The lowest BCUT2D eigenvalue weighted by Crippen LogP contribution is -2.24. The summed E-state index contributed by atoms with van der Waals surface area (Å²) in [7, 11) is 1.61. The molecule has 150 valence electrons. The molecule has 6 nitrogen and oxygen atoms in total. The molecule has 1 aliphatic heterocycles. The van der Waals surface area contributed by atoms with E-state index < -0.39 is 0 Å². The molecule has 0 aliphatic carbocycles. The Morgan fingerprint density at radius 1 is 1.21 bits per heavy atom. The Bertz CT molecular complexity index is 1080. The smallest absolute Gasteiger partial charge is 0.253 e. The molecule has 0 saturated carbocycles. The summed E-state index contributed by atoms with van der Waals surface area (Å²) in [4.78, 5) is 17.3. The Morgan fingerprint density at radius 2 is 2.03 bits per heavy atom. The van der Waals surface area contributed by atoms with Crippen LogP contribution in [0, 0.1) is 6.92 Å². The molecule has 1 aliphatic rings. The number of aromatic nitrogens is 1. The minimum atomic E-state index is -0.198. The number of rotatable bonds is 4. The third-order valence-corrected chi connectivity index (χ3v) is 5.06. The minimum absolute atomic E-state index is 0.198. The van der Waals surface area contributed by atoms with Gasteiger partial charge in [-0.1, -0.05) is 11.6 Å². The number of pyridine rings is 1. The lowest BCUT2D eigenvalue weighted by molar-refractivity contribution is 0.0950. The number of nitrogens with zero attached hydrogens (tertiary/aromatic N) is 1. The average molecular weight is 413 g/mol. The predicted molar refractivity (Wildman–Crippen MR) is 111 cm³/mol. The van der Waals surface area contributed by atoms with Crippen LogP contribution in [-0.2, 0) is 6.54 Å². The van der Waals surface area contributed by atoms with Gasteiger partial charge in [-0.2, -0.15) is 0 Å². The summed E-state index contributed by atoms with van der Waals surface area (Å²) in [5.41, 5.74) is 2.81. The third-order valence-electron chi connectivity index (χ3n) is 4.78. The van der Waals surface area contributed by atoms with Crippen molar-refractivity contribution in [2.75, 3.05) is 20.3 Å². The monoisotopic (exact) mass is 412 g/mol. The van der Waals surface area contributed by atoms with Gasteiger partial charge in [0.2, 0.25) is 0 Å². The highest BCUT2D eigenvalue weighted by Gasteiger charge is 2.17. The van der Waals surface area contributed by atoms with Gasteiger partial charge in [-0.3, -0.25) is 9.78 Å². The van der Waals surface area contributed by atoms with E-state index in [0.717, 1.165) is 28.6 Å². The second-order valence-corrected chi connectivity index (χ2v) is 7.23. The summed E-state index contributed by atoms with van der Waals surface area (Å²) >= 11 is 6.33. The number of amides is 1. The zero-order valence-corrected chi connectivity index (χ0v) is 17.0. The molecule has 0 radical (unpaired) electrons. The van der Waals surface area contributed by atoms with Crippen molar-refractivity contribution in [3.05, 3.63) is 58.2 Å². The van der Waals surface area contributed by atoms with E-state index in [2.05, 4.69) is 10.3 Å². The van der Waals surface area contributed by atoms with E-state index in [1.54, 1.807) is 13.2 Å². The third kappa shape index (κ3) is 4.07. The van der Waals surface area contributed by atoms with Crippen LogP contribution in [0.25, 0.3) is 10.9 Å². The normalized spacial score (nSPS) is 13.1. The lowest BCUT2D eigenvalue weighted by atomic mass is 10.1. The Hall–Kier alpha value is -2.99. The standard InChI is InChI=1S/C22H21ClN2O4/c1-13-17(10-15-4-5-16(27-2)11-19(15)25-13)22(26)24-12-14-8-18(23)21-20(9-14)28-6-3-7-29-21/h4-5,8-11H,3,6-7,12H2,1-2H3,(H,24,26). The summed E-state index contributed by atoms with van der Waals surface area (Å²) < 4.78 is 16.6. The molecule has 0 atom stereocenters. The van der Waals surface area contributed by atoms with Crippen LogP contribution in [0.15, 0.2) is 36.4 Å². The van der Waals surface area contributed by atoms with Gasteiger partial charge in [-0.05, 0) is 42.8 Å². The molecule has 3 aromatic rings. The number of aryl methyl sites for hydroxylation is 1. The Labute approximate surface area is 173 Å². The first kappa shape index (κ1) is 19.3. The van der Waals surface area contributed by atoms with Crippen LogP contribution in [0.5, 0.6) is 17.2 Å². The molecule has 0 unspecified atom stereocenters. The second kappa shape index (κ2) is 8.17. The van der Waals surface area contributed by atoms with E-state index in [9.17, 15) is 4.79 Å². The number of hydrogen-bond acceptors (Lipinski definition) is 5. The molecular formula is C22H21ClN2O4. The topological polar surface area (TPSA) is 69.7 Å². The van der Waals surface area contributed by atoms with Crippen LogP contribution in [0.1, 0.15) is 28.0 Å². The highest BCUT2D eigenvalue weighted by atomic mass is 35.5. The minimum Gasteiger partial charge on any atom is -0.497 e. The van der Waals surface area contributed by atoms with Gasteiger partial charge < -0.3 is 19.5 Å². The van der Waals surface area contributed by atoms with Crippen LogP contribution in [0.2, 0.25) is 5.02 Å². The van der Waals surface area contributed by atoms with Gasteiger partial charge in [0, 0.05) is 24.4 Å². The molecule has 1 N–H and O–H groups in total. The van der Waals surface area contributed by atoms with Crippen LogP contribution in [0.4, 0.5) is 0 Å². The van der Waals surface area contributed by atoms with Crippen molar-refractivity contribution in [2.45, 2.75) is 19.9 Å². The van der Waals surface area contributed by atoms with Gasteiger partial charge in [0.15, 0.2) is 11.5 Å².